The molecule has 31 heavy (non-hydrogen) atoms. The number of rotatable bonds is 8. The Kier molecular flexibility index (Phi) is 6.48. The number of imidazole rings is 1. The van der Waals surface area contributed by atoms with Crippen molar-refractivity contribution in [1.82, 2.24) is 14.9 Å². The van der Waals surface area contributed by atoms with Crippen molar-refractivity contribution < 1.29 is 13.9 Å². The highest BCUT2D eigenvalue weighted by molar-refractivity contribution is 6.31. The van der Waals surface area contributed by atoms with Crippen LogP contribution in [0.15, 0.2) is 72.8 Å². The average Bonchev–Trinajstić information content (AvgIpc) is 3.13. The second kappa shape index (κ2) is 9.62. The van der Waals surface area contributed by atoms with E-state index in [4.69, 9.17) is 16.3 Å². The van der Waals surface area contributed by atoms with E-state index in [1.807, 2.05) is 47.0 Å². The Morgan fingerprint density at radius 1 is 1.03 bits per heavy atom. The molecule has 5 nitrogen and oxygen atoms in total. The molecular weight excluding hydrogens is 417 g/mol. The van der Waals surface area contributed by atoms with Crippen molar-refractivity contribution in [2.24, 2.45) is 0 Å². The van der Waals surface area contributed by atoms with E-state index in [2.05, 4.69) is 10.3 Å². The largest absolute Gasteiger partial charge is 0.484 e. The molecule has 4 aromatic rings. The molecule has 0 unspecified atom stereocenters. The van der Waals surface area contributed by atoms with Crippen LogP contribution in [0.1, 0.15) is 11.4 Å². The van der Waals surface area contributed by atoms with Crippen LogP contribution in [-0.4, -0.2) is 28.6 Å². The van der Waals surface area contributed by atoms with Gasteiger partial charge in [0.1, 0.15) is 17.4 Å². The van der Waals surface area contributed by atoms with Crippen LogP contribution in [0.2, 0.25) is 5.02 Å². The number of aromatic nitrogens is 2. The number of amides is 1. The highest BCUT2D eigenvalue weighted by atomic mass is 35.5. The van der Waals surface area contributed by atoms with Gasteiger partial charge in [0.15, 0.2) is 6.61 Å². The molecule has 1 amide bonds. The van der Waals surface area contributed by atoms with Gasteiger partial charge in [-0.1, -0.05) is 48.0 Å². The van der Waals surface area contributed by atoms with E-state index in [1.165, 1.54) is 6.07 Å². The third-order valence-corrected chi connectivity index (χ3v) is 5.25. The van der Waals surface area contributed by atoms with Crippen molar-refractivity contribution in [3.63, 3.8) is 0 Å². The van der Waals surface area contributed by atoms with Gasteiger partial charge < -0.3 is 14.6 Å². The Bertz CT molecular complexity index is 1170. The number of fused-ring (bicyclic) bond motifs is 1. The molecular formula is C24H21ClFN3O2. The summed E-state index contributed by atoms with van der Waals surface area (Å²) >= 11 is 6.24. The normalized spacial score (nSPS) is 10.9. The minimum atomic E-state index is -0.359. The number of ether oxygens (including phenoxy) is 1. The van der Waals surface area contributed by atoms with Crippen molar-refractivity contribution in [2.75, 3.05) is 13.2 Å². The summed E-state index contributed by atoms with van der Waals surface area (Å²) in [6, 6.07) is 21.5. The first-order valence-electron chi connectivity index (χ1n) is 9.93. The van der Waals surface area contributed by atoms with Crippen LogP contribution in [-0.2, 0) is 17.8 Å². The first-order chi connectivity index (χ1) is 15.1. The average molecular weight is 438 g/mol. The Morgan fingerprint density at radius 3 is 2.61 bits per heavy atom. The first kappa shape index (κ1) is 20.9. The number of nitrogens with one attached hydrogen (secondary N) is 1. The smallest absolute Gasteiger partial charge is 0.257 e. The van der Waals surface area contributed by atoms with E-state index < -0.39 is 0 Å². The third-order valence-electron chi connectivity index (χ3n) is 4.90. The predicted octanol–water partition coefficient (Wildman–Crippen LogP) is 4.61. The summed E-state index contributed by atoms with van der Waals surface area (Å²) in [6.07, 6.45) is 0.484. The SMILES string of the molecule is O=C(COc1ccccc1)NCCc1nc2ccccc2n1Cc1c(F)cccc1Cl. The van der Waals surface area contributed by atoms with Gasteiger partial charge >= 0.3 is 0 Å². The number of benzene rings is 3. The van der Waals surface area contributed by atoms with Crippen LogP contribution in [0, 0.1) is 5.82 Å². The molecule has 1 aromatic heterocycles. The second-order valence-electron chi connectivity index (χ2n) is 7.00. The zero-order valence-corrected chi connectivity index (χ0v) is 17.5. The Balaban J connectivity index is 1.45. The maximum Gasteiger partial charge on any atom is 0.257 e. The molecule has 158 valence electrons. The molecule has 0 saturated heterocycles. The quantitative estimate of drug-likeness (QED) is 0.438. The van der Waals surface area contributed by atoms with Gasteiger partial charge in [-0.05, 0) is 36.4 Å². The summed E-state index contributed by atoms with van der Waals surface area (Å²) in [4.78, 5) is 16.8. The van der Waals surface area contributed by atoms with Crippen molar-refractivity contribution >= 4 is 28.5 Å². The van der Waals surface area contributed by atoms with Crippen molar-refractivity contribution in [3.05, 3.63) is 95.0 Å². The van der Waals surface area contributed by atoms with Crippen molar-refractivity contribution in [2.45, 2.75) is 13.0 Å². The third kappa shape index (κ3) is 5.03. The minimum absolute atomic E-state index is 0.0642. The molecule has 0 bridgehead atoms. The monoisotopic (exact) mass is 437 g/mol. The summed E-state index contributed by atoms with van der Waals surface area (Å²) in [7, 11) is 0. The summed E-state index contributed by atoms with van der Waals surface area (Å²) in [6.45, 7) is 0.572. The number of para-hydroxylation sites is 3. The van der Waals surface area contributed by atoms with Gasteiger partial charge in [0.25, 0.3) is 5.91 Å². The molecule has 0 atom stereocenters. The molecule has 7 heteroatoms. The number of nitrogens with zero attached hydrogens (tertiary/aromatic N) is 2. The second-order valence-corrected chi connectivity index (χ2v) is 7.41. The predicted molar refractivity (Wildman–Crippen MR) is 119 cm³/mol. The highest BCUT2D eigenvalue weighted by Crippen LogP contribution is 2.24. The van der Waals surface area contributed by atoms with Crippen LogP contribution >= 0.6 is 11.6 Å². The van der Waals surface area contributed by atoms with Crippen LogP contribution in [0.3, 0.4) is 0 Å². The number of carbonyl (C=O) groups excluding carboxylic acids is 1. The summed E-state index contributed by atoms with van der Waals surface area (Å²) in [5.74, 6) is 0.803. The van der Waals surface area contributed by atoms with E-state index in [0.717, 1.165) is 16.9 Å². The van der Waals surface area contributed by atoms with Gasteiger partial charge in [-0.3, -0.25) is 4.79 Å². The van der Waals surface area contributed by atoms with Crippen LogP contribution in [0.5, 0.6) is 5.75 Å². The molecule has 1 heterocycles. The van der Waals surface area contributed by atoms with E-state index in [9.17, 15) is 9.18 Å². The number of hydrogen-bond donors (Lipinski definition) is 1. The first-order valence-corrected chi connectivity index (χ1v) is 10.3. The maximum atomic E-state index is 14.4. The van der Waals surface area contributed by atoms with Gasteiger partial charge in [-0.15, -0.1) is 0 Å². The van der Waals surface area contributed by atoms with Crippen LogP contribution in [0.25, 0.3) is 11.0 Å². The Hall–Kier alpha value is -3.38. The summed E-state index contributed by atoms with van der Waals surface area (Å²) in [5.41, 5.74) is 2.10. The lowest BCUT2D eigenvalue weighted by Gasteiger charge is -2.12. The fourth-order valence-corrected chi connectivity index (χ4v) is 3.59. The minimum Gasteiger partial charge on any atom is -0.484 e. The zero-order valence-electron chi connectivity index (χ0n) is 16.7. The number of carbonyl (C=O) groups is 1. The molecule has 0 spiro atoms. The molecule has 1 N–H and O–H groups in total. The molecule has 0 radical (unpaired) electrons. The molecule has 0 saturated carbocycles. The zero-order chi connectivity index (χ0) is 21.6. The van der Waals surface area contributed by atoms with Gasteiger partial charge in [0.2, 0.25) is 0 Å². The van der Waals surface area contributed by atoms with E-state index in [-0.39, 0.29) is 24.9 Å². The molecule has 0 aliphatic carbocycles. The molecule has 3 aromatic carbocycles. The molecule has 0 fully saturated rings. The van der Waals surface area contributed by atoms with Crippen molar-refractivity contribution in [1.29, 1.82) is 0 Å². The van der Waals surface area contributed by atoms with E-state index in [0.29, 0.717) is 29.3 Å². The molecule has 0 aliphatic rings. The number of halogens is 2. The molecule has 4 rings (SSSR count). The topological polar surface area (TPSA) is 56.1 Å². The van der Waals surface area contributed by atoms with E-state index >= 15 is 0 Å². The van der Waals surface area contributed by atoms with Crippen molar-refractivity contribution in [3.8, 4) is 5.75 Å². The van der Waals surface area contributed by atoms with Crippen LogP contribution in [0.4, 0.5) is 4.39 Å². The Labute approximate surface area is 184 Å². The highest BCUT2D eigenvalue weighted by Gasteiger charge is 2.15. The van der Waals surface area contributed by atoms with Gasteiger partial charge in [0, 0.05) is 23.6 Å². The lowest BCUT2D eigenvalue weighted by Crippen LogP contribution is -2.31. The fraction of sp³-hybridized carbons (Fsp3) is 0.167. The fourth-order valence-electron chi connectivity index (χ4n) is 3.36. The van der Waals surface area contributed by atoms with Gasteiger partial charge in [0.05, 0.1) is 17.6 Å². The maximum absolute atomic E-state index is 14.4. The van der Waals surface area contributed by atoms with Gasteiger partial charge in [-0.2, -0.15) is 0 Å². The van der Waals surface area contributed by atoms with Crippen LogP contribution < -0.4 is 10.1 Å². The van der Waals surface area contributed by atoms with Gasteiger partial charge in [-0.25, -0.2) is 9.37 Å². The molecule has 0 aliphatic heterocycles. The Morgan fingerprint density at radius 2 is 1.81 bits per heavy atom. The lowest BCUT2D eigenvalue weighted by atomic mass is 10.2. The number of hydrogen-bond acceptors (Lipinski definition) is 3. The summed E-state index contributed by atoms with van der Waals surface area (Å²) < 4.78 is 21.8. The van der Waals surface area contributed by atoms with E-state index in [1.54, 1.807) is 24.3 Å². The standard InChI is InChI=1S/C24H21ClFN3O2/c25-19-9-6-10-20(26)18(19)15-29-22-12-5-4-11-21(22)28-23(29)13-14-27-24(30)16-31-17-7-2-1-3-8-17/h1-12H,13-16H2,(H,27,30). The lowest BCUT2D eigenvalue weighted by molar-refractivity contribution is -0.123. The summed E-state index contributed by atoms with van der Waals surface area (Å²) in [5, 5.41) is 3.21.